The summed E-state index contributed by atoms with van der Waals surface area (Å²) < 4.78 is 0. The van der Waals surface area contributed by atoms with Gasteiger partial charge in [-0.1, -0.05) is 35.4 Å². The van der Waals surface area contributed by atoms with Crippen LogP contribution in [-0.4, -0.2) is 6.88 Å². The zero-order valence-corrected chi connectivity index (χ0v) is 18.7. The molecule has 0 amide bonds. The fourth-order valence-corrected chi connectivity index (χ4v) is 2.34. The van der Waals surface area contributed by atoms with E-state index in [9.17, 15) is 0 Å². The first-order valence-electron chi connectivity index (χ1n) is 8.01. The van der Waals surface area contributed by atoms with Gasteiger partial charge in [-0.25, -0.2) is 12.2 Å². The number of hydrogen-bond acceptors (Lipinski definition) is 0. The average molecular weight is 410 g/mol. The maximum Gasteiger partial charge on any atom is -0.0253 e. The Morgan fingerprint density at radius 3 is 2.21 bits per heavy atom. The summed E-state index contributed by atoms with van der Waals surface area (Å²) in [5, 5.41) is 0. The van der Waals surface area contributed by atoms with Gasteiger partial charge in [0.1, 0.15) is 0 Å². The van der Waals surface area contributed by atoms with Crippen molar-refractivity contribution in [1.29, 1.82) is 0 Å². The van der Waals surface area contributed by atoms with Gasteiger partial charge in [0.2, 0.25) is 0 Å². The van der Waals surface area contributed by atoms with Crippen molar-refractivity contribution in [2.45, 2.75) is 26.7 Å². The van der Waals surface area contributed by atoms with E-state index in [1.807, 2.05) is 25.1 Å². The van der Waals surface area contributed by atoms with Gasteiger partial charge in [0.05, 0.1) is 0 Å². The quantitative estimate of drug-likeness (QED) is 0.357. The first-order valence-corrected chi connectivity index (χ1v) is 13.9. The summed E-state index contributed by atoms with van der Waals surface area (Å²) in [6, 6.07) is 18.1. The minimum Gasteiger partial charge on any atom is -0.179 e. The summed E-state index contributed by atoms with van der Waals surface area (Å²) in [6.07, 6.45) is 11.0. The van der Waals surface area contributed by atoms with Gasteiger partial charge in [-0.2, -0.15) is 49.8 Å². The van der Waals surface area contributed by atoms with Crippen LogP contribution in [0.1, 0.15) is 31.4 Å². The molecule has 2 aromatic rings. The minimum absolute atomic E-state index is 1.01. The SMILES string of the molecule is [C-]1=CC=CC1.[CH2-]C.[CH2-]C.[SiH2]=[Zr].[c-]1cccc2c1Cc1ccccc1-2. The summed E-state index contributed by atoms with van der Waals surface area (Å²) in [4.78, 5) is 0. The summed E-state index contributed by atoms with van der Waals surface area (Å²) in [6.45, 7) is 12.0. The topological polar surface area (TPSA) is 0 Å². The van der Waals surface area contributed by atoms with Crippen molar-refractivity contribution in [3.8, 4) is 11.1 Å². The second-order valence-electron chi connectivity index (χ2n) is 4.40. The van der Waals surface area contributed by atoms with Crippen LogP contribution < -0.4 is 0 Å². The van der Waals surface area contributed by atoms with Crippen LogP contribution >= 0.6 is 0 Å². The molecule has 0 saturated heterocycles. The van der Waals surface area contributed by atoms with E-state index in [2.05, 4.69) is 68.5 Å². The molecule has 24 heavy (non-hydrogen) atoms. The van der Waals surface area contributed by atoms with E-state index in [0.29, 0.717) is 0 Å². The molecule has 0 bridgehead atoms. The normalized spacial score (nSPS) is 11.0. The Kier molecular flexibility index (Phi) is 14.9. The minimum atomic E-state index is 1.01. The molecule has 0 N–H and O–H groups in total. The largest absolute Gasteiger partial charge is 0.179 e. The van der Waals surface area contributed by atoms with Gasteiger partial charge in [0.25, 0.3) is 0 Å². The zero-order valence-electron chi connectivity index (χ0n) is 14.8. The molecule has 2 heteroatoms. The van der Waals surface area contributed by atoms with Crippen LogP contribution in [-0.2, 0) is 29.8 Å². The molecule has 0 radical (unpaired) electrons. The molecule has 2 aromatic carbocycles. The van der Waals surface area contributed by atoms with E-state index in [-0.39, 0.29) is 0 Å². The van der Waals surface area contributed by atoms with Crippen molar-refractivity contribution in [1.82, 2.24) is 0 Å². The summed E-state index contributed by atoms with van der Waals surface area (Å²) >= 11 is 1.58. The van der Waals surface area contributed by atoms with Crippen LogP contribution in [0, 0.1) is 26.0 Å². The number of fused-ring (bicyclic) bond motifs is 3. The predicted octanol–water partition coefficient (Wildman–Crippen LogP) is 5.13. The second kappa shape index (κ2) is 15.5. The van der Waals surface area contributed by atoms with Crippen molar-refractivity contribution < 1.29 is 23.3 Å². The van der Waals surface area contributed by atoms with Crippen LogP contribution in [0.4, 0.5) is 0 Å². The molecule has 0 spiro atoms. The molecule has 0 saturated carbocycles. The van der Waals surface area contributed by atoms with E-state index in [0.717, 1.165) is 12.8 Å². The van der Waals surface area contributed by atoms with Crippen LogP contribution in [0.5, 0.6) is 0 Å². The van der Waals surface area contributed by atoms with Crippen LogP contribution in [0.2, 0.25) is 0 Å². The van der Waals surface area contributed by atoms with Gasteiger partial charge in [-0.05, 0) is 6.42 Å². The van der Waals surface area contributed by atoms with E-state index < -0.39 is 0 Å². The second-order valence-corrected chi connectivity index (χ2v) is 4.40. The fourth-order valence-electron chi connectivity index (χ4n) is 2.34. The van der Waals surface area contributed by atoms with Crippen LogP contribution in [0.15, 0.2) is 60.7 Å². The average Bonchev–Trinajstić information content (AvgIpc) is 3.38. The maximum atomic E-state index is 3.30. The molecule has 0 heterocycles. The van der Waals surface area contributed by atoms with E-state index in [4.69, 9.17) is 0 Å². The molecule has 0 nitrogen and oxygen atoms in total. The van der Waals surface area contributed by atoms with E-state index in [1.54, 1.807) is 37.2 Å². The van der Waals surface area contributed by atoms with Crippen molar-refractivity contribution in [3.05, 3.63) is 97.8 Å². The molecule has 0 aliphatic heterocycles. The smallest absolute Gasteiger partial charge is 0.0253 e. The van der Waals surface area contributed by atoms with Crippen LogP contribution in [0.25, 0.3) is 11.1 Å². The number of allylic oxidation sites excluding steroid dienone is 4. The molecule has 2 aliphatic carbocycles. The number of rotatable bonds is 0. The van der Waals surface area contributed by atoms with E-state index in [1.165, 1.54) is 22.3 Å². The van der Waals surface area contributed by atoms with Gasteiger partial charge in [-0.15, -0.1) is 12.0 Å². The molecule has 2 aliphatic rings. The van der Waals surface area contributed by atoms with Gasteiger partial charge < -0.3 is 13.8 Å². The first-order chi connectivity index (χ1) is 11.9. The van der Waals surface area contributed by atoms with Crippen molar-refractivity contribution in [3.63, 3.8) is 0 Å². The predicted molar refractivity (Wildman–Crippen MR) is 106 cm³/mol. The molecule has 126 valence electrons. The Morgan fingerprint density at radius 1 is 0.958 bits per heavy atom. The van der Waals surface area contributed by atoms with Gasteiger partial charge in [0.15, 0.2) is 0 Å². The van der Waals surface area contributed by atoms with E-state index >= 15 is 0 Å². The third kappa shape index (κ3) is 7.28. The summed E-state index contributed by atoms with van der Waals surface area (Å²) in [7, 11) is 0. The van der Waals surface area contributed by atoms with Gasteiger partial charge in [-0.3, -0.25) is 6.08 Å². The molecule has 4 rings (SSSR count). The Hall–Kier alpha value is -0.980. The number of hydrogen-bond donors (Lipinski definition) is 0. The molecule has 0 unspecified atom stereocenters. The van der Waals surface area contributed by atoms with Crippen LogP contribution in [0.3, 0.4) is 0 Å². The monoisotopic (exact) mass is 408 g/mol. The summed E-state index contributed by atoms with van der Waals surface area (Å²) in [5.74, 6) is 0. The Morgan fingerprint density at radius 2 is 1.62 bits per heavy atom. The van der Waals surface area contributed by atoms with Gasteiger partial charge >= 0.3 is 30.2 Å². The zero-order chi connectivity index (χ0) is 18.2. The Balaban J connectivity index is 0.000000406. The molecule has 0 aromatic heterocycles. The first kappa shape index (κ1) is 23.0. The molecular weight excluding hydrogens is 384 g/mol. The standard InChI is InChI=1S/C13H9.C5H5.2C2H5.H2Si.Zr/c1-3-7-12-10(5-1)9-11-6-2-4-8-13(11)12;1-2-4-5-3-1;2*1-2;;/h1-5,7-8H,9H2;1-3H,4H2;2*1H2,2H3;1H2;/q4*-1;;. The molecule has 0 atom stereocenters. The van der Waals surface area contributed by atoms with Crippen molar-refractivity contribution in [2.75, 3.05) is 0 Å². The van der Waals surface area contributed by atoms with Crippen molar-refractivity contribution >= 4 is 6.88 Å². The third-order valence-corrected chi connectivity index (χ3v) is 3.20. The molecular formula is C22H26SiZr-4. The third-order valence-electron chi connectivity index (χ3n) is 3.20. The van der Waals surface area contributed by atoms with Crippen molar-refractivity contribution in [2.24, 2.45) is 0 Å². The Bertz CT molecular complexity index is 576. The molecule has 0 fully saturated rings. The maximum absolute atomic E-state index is 3.30. The Labute approximate surface area is 165 Å². The van der Waals surface area contributed by atoms with Gasteiger partial charge in [0, 0.05) is 0 Å². The number of benzene rings is 2. The summed E-state index contributed by atoms with van der Waals surface area (Å²) in [5.41, 5.74) is 5.51. The fraction of sp³-hybridized carbons (Fsp3) is 0.182.